The average Bonchev–Trinajstić information content (AvgIpc) is 2.98. The molecular formula is C14H18N2O3S. The number of carboxylic acid groups (broad SMARTS) is 1. The smallest absolute Gasteiger partial charge is 0.307 e. The summed E-state index contributed by atoms with van der Waals surface area (Å²) < 4.78 is 5.37. The molecule has 20 heavy (non-hydrogen) atoms. The molecule has 108 valence electrons. The fourth-order valence-electron chi connectivity index (χ4n) is 2.83. The minimum absolute atomic E-state index is 0.188. The Bertz CT molecular complexity index is 508. The Morgan fingerprint density at radius 3 is 2.95 bits per heavy atom. The van der Waals surface area contributed by atoms with Crippen molar-refractivity contribution in [2.45, 2.75) is 43.3 Å². The van der Waals surface area contributed by atoms with Crippen LogP contribution in [0, 0.1) is 5.92 Å². The van der Waals surface area contributed by atoms with E-state index in [1.807, 2.05) is 23.9 Å². The molecule has 2 heterocycles. The maximum atomic E-state index is 11.3. The van der Waals surface area contributed by atoms with E-state index in [0.717, 1.165) is 18.0 Å². The van der Waals surface area contributed by atoms with Crippen molar-refractivity contribution in [2.75, 3.05) is 5.75 Å². The second kappa shape index (κ2) is 5.99. The molecule has 0 saturated carbocycles. The Labute approximate surface area is 121 Å². The van der Waals surface area contributed by atoms with Crippen LogP contribution < -0.4 is 0 Å². The third kappa shape index (κ3) is 2.75. The number of nitrogens with zero attached hydrogens (tertiary/aromatic N) is 2. The predicted octanol–water partition coefficient (Wildman–Crippen LogP) is 3.16. The average molecular weight is 294 g/mol. The van der Waals surface area contributed by atoms with Gasteiger partial charge in [0.15, 0.2) is 5.82 Å². The van der Waals surface area contributed by atoms with E-state index in [-0.39, 0.29) is 5.92 Å². The van der Waals surface area contributed by atoms with Gasteiger partial charge in [-0.25, -0.2) is 0 Å². The fourth-order valence-corrected chi connectivity index (χ4v) is 4.07. The van der Waals surface area contributed by atoms with Crippen LogP contribution in [0.4, 0.5) is 0 Å². The van der Waals surface area contributed by atoms with E-state index in [2.05, 4.69) is 10.1 Å². The lowest BCUT2D eigenvalue weighted by molar-refractivity contribution is -0.142. The van der Waals surface area contributed by atoms with E-state index >= 15 is 0 Å². The van der Waals surface area contributed by atoms with Gasteiger partial charge in [-0.05, 0) is 31.4 Å². The van der Waals surface area contributed by atoms with Gasteiger partial charge in [-0.3, -0.25) is 4.79 Å². The Hall–Kier alpha value is -1.30. The molecule has 0 amide bonds. The van der Waals surface area contributed by atoms with Crippen LogP contribution in [0.25, 0.3) is 0 Å². The highest BCUT2D eigenvalue weighted by molar-refractivity contribution is 7.99. The van der Waals surface area contributed by atoms with Crippen molar-refractivity contribution in [2.24, 2.45) is 5.92 Å². The number of aromatic nitrogens is 2. The SMILES string of the molecule is O=C(O)C1CC=CCC1c1nc(C2CCCCS2)no1. The van der Waals surface area contributed by atoms with Crippen LogP contribution in [0.2, 0.25) is 0 Å². The minimum Gasteiger partial charge on any atom is -0.481 e. The largest absolute Gasteiger partial charge is 0.481 e. The van der Waals surface area contributed by atoms with E-state index in [1.165, 1.54) is 12.8 Å². The number of carboxylic acids is 1. The number of rotatable bonds is 3. The summed E-state index contributed by atoms with van der Waals surface area (Å²) in [5.74, 6) is 0.940. The van der Waals surface area contributed by atoms with Gasteiger partial charge in [0.25, 0.3) is 0 Å². The molecule has 1 N–H and O–H groups in total. The molecule has 2 aliphatic rings. The first-order valence-electron chi connectivity index (χ1n) is 7.08. The summed E-state index contributed by atoms with van der Waals surface area (Å²) in [6.45, 7) is 0. The highest BCUT2D eigenvalue weighted by atomic mass is 32.2. The second-order valence-electron chi connectivity index (χ2n) is 5.34. The first kappa shape index (κ1) is 13.7. The number of allylic oxidation sites excluding steroid dienone is 2. The Morgan fingerprint density at radius 1 is 1.35 bits per heavy atom. The quantitative estimate of drug-likeness (QED) is 0.863. The molecule has 1 aliphatic carbocycles. The zero-order chi connectivity index (χ0) is 13.9. The molecule has 1 aromatic heterocycles. The van der Waals surface area contributed by atoms with Crippen LogP contribution in [0.1, 0.15) is 55.0 Å². The maximum absolute atomic E-state index is 11.3. The topological polar surface area (TPSA) is 76.2 Å². The summed E-state index contributed by atoms with van der Waals surface area (Å²) in [4.78, 5) is 15.8. The summed E-state index contributed by atoms with van der Waals surface area (Å²) in [7, 11) is 0. The number of hydrogen-bond acceptors (Lipinski definition) is 5. The first-order valence-corrected chi connectivity index (χ1v) is 8.13. The van der Waals surface area contributed by atoms with Crippen LogP contribution in [-0.4, -0.2) is 27.0 Å². The lowest BCUT2D eigenvalue weighted by Gasteiger charge is -2.21. The lowest BCUT2D eigenvalue weighted by Crippen LogP contribution is -2.23. The molecule has 5 nitrogen and oxygen atoms in total. The van der Waals surface area contributed by atoms with E-state index in [1.54, 1.807) is 0 Å². The molecule has 0 bridgehead atoms. The molecule has 3 unspecified atom stereocenters. The van der Waals surface area contributed by atoms with Gasteiger partial charge < -0.3 is 9.63 Å². The van der Waals surface area contributed by atoms with E-state index in [0.29, 0.717) is 24.0 Å². The van der Waals surface area contributed by atoms with Crippen LogP contribution in [0.3, 0.4) is 0 Å². The molecule has 1 aliphatic heterocycles. The van der Waals surface area contributed by atoms with Crippen molar-refractivity contribution in [1.82, 2.24) is 10.1 Å². The number of aliphatic carboxylic acids is 1. The normalized spacial score (nSPS) is 30.3. The van der Waals surface area contributed by atoms with Gasteiger partial charge in [-0.15, -0.1) is 0 Å². The summed E-state index contributed by atoms with van der Waals surface area (Å²) in [5, 5.41) is 13.7. The molecular weight excluding hydrogens is 276 g/mol. The summed E-state index contributed by atoms with van der Waals surface area (Å²) in [5.41, 5.74) is 0. The molecule has 0 aromatic carbocycles. The number of carbonyl (C=O) groups is 1. The Morgan fingerprint density at radius 2 is 2.20 bits per heavy atom. The fraction of sp³-hybridized carbons (Fsp3) is 0.643. The second-order valence-corrected chi connectivity index (χ2v) is 6.65. The zero-order valence-electron chi connectivity index (χ0n) is 11.2. The van der Waals surface area contributed by atoms with Crippen molar-refractivity contribution in [3.63, 3.8) is 0 Å². The molecule has 3 atom stereocenters. The number of thioether (sulfide) groups is 1. The molecule has 0 spiro atoms. The molecule has 0 radical (unpaired) electrons. The summed E-state index contributed by atoms with van der Waals surface area (Å²) in [6.07, 6.45) is 8.65. The van der Waals surface area contributed by atoms with Crippen LogP contribution in [-0.2, 0) is 4.79 Å². The Kier molecular flexibility index (Phi) is 4.10. The molecule has 1 aromatic rings. The summed E-state index contributed by atoms with van der Waals surface area (Å²) in [6, 6.07) is 0. The Balaban J connectivity index is 1.78. The molecule has 1 fully saturated rings. The minimum atomic E-state index is -0.786. The van der Waals surface area contributed by atoms with Crippen molar-refractivity contribution < 1.29 is 14.4 Å². The van der Waals surface area contributed by atoms with Crippen LogP contribution in [0.15, 0.2) is 16.7 Å². The van der Waals surface area contributed by atoms with Gasteiger partial charge >= 0.3 is 5.97 Å². The summed E-state index contributed by atoms with van der Waals surface area (Å²) >= 11 is 1.87. The van der Waals surface area contributed by atoms with E-state index < -0.39 is 11.9 Å². The van der Waals surface area contributed by atoms with Crippen molar-refractivity contribution >= 4 is 17.7 Å². The zero-order valence-corrected chi connectivity index (χ0v) is 12.0. The van der Waals surface area contributed by atoms with Crippen LogP contribution in [0.5, 0.6) is 0 Å². The van der Waals surface area contributed by atoms with Crippen LogP contribution >= 0.6 is 11.8 Å². The number of hydrogen-bond donors (Lipinski definition) is 1. The maximum Gasteiger partial charge on any atom is 0.307 e. The monoisotopic (exact) mass is 294 g/mol. The van der Waals surface area contributed by atoms with Gasteiger partial charge in [0.1, 0.15) is 0 Å². The van der Waals surface area contributed by atoms with Gasteiger partial charge in [0.05, 0.1) is 17.1 Å². The third-order valence-corrected chi connectivity index (χ3v) is 5.37. The van der Waals surface area contributed by atoms with E-state index in [9.17, 15) is 9.90 Å². The molecule has 6 heteroatoms. The van der Waals surface area contributed by atoms with Gasteiger partial charge in [-0.1, -0.05) is 23.7 Å². The highest BCUT2D eigenvalue weighted by Crippen LogP contribution is 2.39. The third-order valence-electron chi connectivity index (χ3n) is 3.99. The van der Waals surface area contributed by atoms with Crippen molar-refractivity contribution in [1.29, 1.82) is 0 Å². The lowest BCUT2D eigenvalue weighted by atomic mass is 9.83. The first-order chi connectivity index (χ1) is 9.75. The molecule has 3 rings (SSSR count). The van der Waals surface area contributed by atoms with Crippen molar-refractivity contribution in [3.05, 3.63) is 23.9 Å². The standard InChI is InChI=1S/C14H18N2O3S/c17-14(18)10-6-2-1-5-9(10)13-15-12(16-19-13)11-7-3-4-8-20-11/h1-2,9-11H,3-8H2,(H,17,18). The van der Waals surface area contributed by atoms with Gasteiger partial charge in [-0.2, -0.15) is 16.7 Å². The predicted molar refractivity (Wildman–Crippen MR) is 75.6 cm³/mol. The van der Waals surface area contributed by atoms with Gasteiger partial charge in [0.2, 0.25) is 5.89 Å². The van der Waals surface area contributed by atoms with Gasteiger partial charge in [0, 0.05) is 0 Å². The molecule has 1 saturated heterocycles. The van der Waals surface area contributed by atoms with Crippen molar-refractivity contribution in [3.8, 4) is 0 Å². The van der Waals surface area contributed by atoms with E-state index in [4.69, 9.17) is 4.52 Å². The highest BCUT2D eigenvalue weighted by Gasteiger charge is 2.34.